The van der Waals surface area contributed by atoms with Crippen LogP contribution in [0.2, 0.25) is 10.0 Å². The summed E-state index contributed by atoms with van der Waals surface area (Å²) in [6.07, 6.45) is 1.13. The van der Waals surface area contributed by atoms with Gasteiger partial charge in [-0.1, -0.05) is 29.3 Å². The molecule has 2 rings (SSSR count). The van der Waals surface area contributed by atoms with Gasteiger partial charge >= 0.3 is 0 Å². The molecule has 0 aromatic heterocycles. The van der Waals surface area contributed by atoms with Crippen LogP contribution in [-0.2, 0) is 6.54 Å². The van der Waals surface area contributed by atoms with Crippen molar-refractivity contribution in [2.24, 2.45) is 0 Å². The lowest BCUT2D eigenvalue weighted by molar-refractivity contribution is 0.249. The standard InChI is InChI=1S/C12H15Cl2FN2.ClH/c1-17(9-4-5-16-6-9)7-8-2-3-10(15)12(14)11(8)13;/h2-3,9,16H,4-7H2,1H3;1H. The van der Waals surface area contributed by atoms with E-state index in [0.29, 0.717) is 17.6 Å². The molecular weight excluding hydrogens is 298 g/mol. The monoisotopic (exact) mass is 312 g/mol. The molecule has 1 fully saturated rings. The van der Waals surface area contributed by atoms with Crippen LogP contribution in [0.3, 0.4) is 0 Å². The van der Waals surface area contributed by atoms with Gasteiger partial charge in [0.15, 0.2) is 0 Å². The molecule has 1 N–H and O–H groups in total. The molecular formula is C12H16Cl3FN2. The number of benzene rings is 1. The van der Waals surface area contributed by atoms with E-state index >= 15 is 0 Å². The van der Waals surface area contributed by atoms with Gasteiger partial charge in [0.2, 0.25) is 0 Å². The molecule has 2 nitrogen and oxygen atoms in total. The van der Waals surface area contributed by atoms with E-state index in [9.17, 15) is 4.39 Å². The van der Waals surface area contributed by atoms with E-state index in [4.69, 9.17) is 23.2 Å². The number of nitrogens with one attached hydrogen (secondary N) is 1. The number of halogens is 4. The van der Waals surface area contributed by atoms with E-state index in [1.807, 2.05) is 7.05 Å². The molecule has 1 saturated heterocycles. The Morgan fingerprint density at radius 2 is 2.11 bits per heavy atom. The van der Waals surface area contributed by atoms with Crippen molar-refractivity contribution < 1.29 is 4.39 Å². The van der Waals surface area contributed by atoms with Gasteiger partial charge in [0.05, 0.1) is 10.0 Å². The van der Waals surface area contributed by atoms with Crippen molar-refractivity contribution in [2.75, 3.05) is 20.1 Å². The quantitative estimate of drug-likeness (QED) is 0.861. The van der Waals surface area contributed by atoms with Gasteiger partial charge in [-0.05, 0) is 31.6 Å². The zero-order valence-corrected chi connectivity index (χ0v) is 12.4. The maximum Gasteiger partial charge on any atom is 0.143 e. The molecule has 6 heteroatoms. The van der Waals surface area contributed by atoms with Crippen LogP contribution in [0, 0.1) is 5.82 Å². The number of likely N-dealkylation sites (N-methyl/N-ethyl adjacent to an activating group) is 1. The summed E-state index contributed by atoms with van der Waals surface area (Å²) in [5, 5.41) is 3.65. The molecule has 0 amide bonds. The largest absolute Gasteiger partial charge is 0.315 e. The van der Waals surface area contributed by atoms with Gasteiger partial charge in [0.1, 0.15) is 5.82 Å². The molecule has 0 bridgehead atoms. The minimum absolute atomic E-state index is 0. The molecule has 1 aliphatic heterocycles. The summed E-state index contributed by atoms with van der Waals surface area (Å²) in [7, 11) is 2.05. The Morgan fingerprint density at radius 3 is 2.72 bits per heavy atom. The summed E-state index contributed by atoms with van der Waals surface area (Å²) in [5.41, 5.74) is 0.868. The van der Waals surface area contributed by atoms with Crippen LogP contribution in [0.4, 0.5) is 4.39 Å². The van der Waals surface area contributed by atoms with Gasteiger partial charge in [0.25, 0.3) is 0 Å². The molecule has 102 valence electrons. The molecule has 0 radical (unpaired) electrons. The molecule has 18 heavy (non-hydrogen) atoms. The smallest absolute Gasteiger partial charge is 0.143 e. The Bertz CT molecular complexity index is 409. The van der Waals surface area contributed by atoms with Crippen molar-refractivity contribution in [2.45, 2.75) is 19.0 Å². The molecule has 1 aromatic carbocycles. The van der Waals surface area contributed by atoms with Crippen LogP contribution in [-0.4, -0.2) is 31.1 Å². The molecule has 1 aliphatic rings. The van der Waals surface area contributed by atoms with Gasteiger partial charge in [-0.25, -0.2) is 4.39 Å². The molecule has 1 aromatic rings. The van der Waals surface area contributed by atoms with Gasteiger partial charge in [-0.15, -0.1) is 12.4 Å². The first-order valence-electron chi connectivity index (χ1n) is 5.63. The Hall–Kier alpha value is -0.0600. The molecule has 1 atom stereocenters. The van der Waals surface area contributed by atoms with Crippen LogP contribution in [0.5, 0.6) is 0 Å². The third kappa shape index (κ3) is 3.49. The lowest BCUT2D eigenvalue weighted by Gasteiger charge is -2.24. The van der Waals surface area contributed by atoms with E-state index in [2.05, 4.69) is 10.2 Å². The maximum atomic E-state index is 13.2. The Balaban J connectivity index is 0.00000162. The highest BCUT2D eigenvalue weighted by atomic mass is 35.5. The molecule has 0 aliphatic carbocycles. The van der Waals surface area contributed by atoms with Crippen LogP contribution in [0.25, 0.3) is 0 Å². The first-order valence-corrected chi connectivity index (χ1v) is 6.38. The van der Waals surface area contributed by atoms with E-state index < -0.39 is 5.82 Å². The van der Waals surface area contributed by atoms with E-state index in [1.54, 1.807) is 6.07 Å². The van der Waals surface area contributed by atoms with Crippen molar-refractivity contribution in [1.82, 2.24) is 10.2 Å². The average Bonchev–Trinajstić information content (AvgIpc) is 2.83. The second-order valence-corrected chi connectivity index (χ2v) is 5.15. The molecule has 0 spiro atoms. The van der Waals surface area contributed by atoms with Crippen molar-refractivity contribution in [3.8, 4) is 0 Å². The topological polar surface area (TPSA) is 15.3 Å². The highest BCUT2D eigenvalue weighted by Gasteiger charge is 2.20. The Morgan fingerprint density at radius 1 is 1.39 bits per heavy atom. The fraction of sp³-hybridized carbons (Fsp3) is 0.500. The van der Waals surface area contributed by atoms with Gasteiger partial charge in [-0.3, -0.25) is 4.90 Å². The third-order valence-corrected chi connectivity index (χ3v) is 4.09. The van der Waals surface area contributed by atoms with Crippen molar-refractivity contribution in [3.63, 3.8) is 0 Å². The van der Waals surface area contributed by atoms with Crippen LogP contribution < -0.4 is 5.32 Å². The average molecular weight is 314 g/mol. The van der Waals surface area contributed by atoms with Crippen molar-refractivity contribution in [1.29, 1.82) is 0 Å². The van der Waals surface area contributed by atoms with Crippen LogP contribution in [0.1, 0.15) is 12.0 Å². The maximum absolute atomic E-state index is 13.2. The summed E-state index contributed by atoms with van der Waals surface area (Å²) in [6.45, 7) is 2.72. The highest BCUT2D eigenvalue weighted by molar-refractivity contribution is 6.42. The normalized spacial score (nSPS) is 19.1. The summed E-state index contributed by atoms with van der Waals surface area (Å²) in [5.74, 6) is -0.467. The second kappa shape index (κ2) is 6.92. The van der Waals surface area contributed by atoms with Crippen molar-refractivity contribution in [3.05, 3.63) is 33.6 Å². The molecule has 0 saturated carbocycles. The number of hydrogen-bond donors (Lipinski definition) is 1. The fourth-order valence-electron chi connectivity index (χ4n) is 2.10. The van der Waals surface area contributed by atoms with Crippen LogP contribution >= 0.6 is 35.6 Å². The van der Waals surface area contributed by atoms with E-state index in [0.717, 1.165) is 25.1 Å². The number of nitrogens with zero attached hydrogens (tertiary/aromatic N) is 1. The number of rotatable bonds is 3. The van der Waals surface area contributed by atoms with Crippen LogP contribution in [0.15, 0.2) is 12.1 Å². The minimum Gasteiger partial charge on any atom is -0.315 e. The third-order valence-electron chi connectivity index (χ3n) is 3.19. The SMILES string of the molecule is CN(Cc1ccc(F)c(Cl)c1Cl)C1CCNC1.Cl. The molecule has 1 heterocycles. The van der Waals surface area contributed by atoms with Gasteiger partial charge < -0.3 is 5.32 Å². The number of hydrogen-bond acceptors (Lipinski definition) is 2. The predicted molar refractivity (Wildman–Crippen MR) is 76.4 cm³/mol. The predicted octanol–water partition coefficient (Wildman–Crippen LogP) is 3.35. The minimum atomic E-state index is -0.467. The lowest BCUT2D eigenvalue weighted by atomic mass is 10.1. The van der Waals surface area contributed by atoms with E-state index in [1.165, 1.54) is 6.07 Å². The van der Waals surface area contributed by atoms with Crippen molar-refractivity contribution >= 4 is 35.6 Å². The second-order valence-electron chi connectivity index (χ2n) is 4.40. The summed E-state index contributed by atoms with van der Waals surface area (Å²) >= 11 is 11.8. The zero-order valence-electron chi connectivity index (χ0n) is 10.0. The van der Waals surface area contributed by atoms with Gasteiger partial charge in [0, 0.05) is 19.1 Å². The molecule has 1 unspecified atom stereocenters. The fourth-order valence-corrected chi connectivity index (χ4v) is 2.50. The summed E-state index contributed by atoms with van der Waals surface area (Å²) in [4.78, 5) is 2.22. The van der Waals surface area contributed by atoms with Gasteiger partial charge in [-0.2, -0.15) is 0 Å². The zero-order chi connectivity index (χ0) is 12.4. The Labute approximate surface area is 123 Å². The van der Waals surface area contributed by atoms with E-state index in [-0.39, 0.29) is 17.4 Å². The first kappa shape index (κ1) is 16.0. The summed E-state index contributed by atoms with van der Waals surface area (Å²) < 4.78 is 13.2. The first-order chi connectivity index (χ1) is 8.09. The summed E-state index contributed by atoms with van der Waals surface area (Å²) in [6, 6.07) is 3.57. The highest BCUT2D eigenvalue weighted by Crippen LogP contribution is 2.29. The lowest BCUT2D eigenvalue weighted by Crippen LogP contribution is -2.32. The Kier molecular flexibility index (Phi) is 6.15.